The molecule has 0 spiro atoms. The molecule has 0 saturated carbocycles. The van der Waals surface area contributed by atoms with Gasteiger partial charge < -0.3 is 4.74 Å². The third kappa shape index (κ3) is 1.12. The van der Waals surface area contributed by atoms with Crippen LogP contribution in [-0.2, 0) is 19.0 Å². The van der Waals surface area contributed by atoms with Gasteiger partial charge in [0.15, 0.2) is 0 Å². The number of hydrogen-bond acceptors (Lipinski definition) is 4. The maximum absolute atomic E-state index is 12.3. The van der Waals surface area contributed by atoms with Gasteiger partial charge in [-0.05, 0) is 18.8 Å². The first-order valence-corrected chi connectivity index (χ1v) is 8.24. The molecule has 3 aliphatic heterocycles. The Morgan fingerprint density at radius 3 is 2.22 bits per heavy atom. The highest BCUT2D eigenvalue weighted by molar-refractivity contribution is 7.87. The summed E-state index contributed by atoms with van der Waals surface area (Å²) in [7, 11) is -3.49. The molecule has 0 radical (unpaired) electrons. The van der Waals surface area contributed by atoms with Gasteiger partial charge in [-0.15, -0.1) is 0 Å². The molecule has 3 saturated heterocycles. The zero-order valence-electron chi connectivity index (χ0n) is 11.6. The average Bonchev–Trinajstić information content (AvgIpc) is 2.68. The molecule has 0 aromatic carbocycles. The molecule has 4 unspecified atom stereocenters. The van der Waals surface area contributed by atoms with E-state index >= 15 is 0 Å². The van der Waals surface area contributed by atoms with Gasteiger partial charge in [0.25, 0.3) is 10.1 Å². The molecule has 0 aromatic heterocycles. The van der Waals surface area contributed by atoms with Crippen molar-refractivity contribution < 1.29 is 17.3 Å². The zero-order chi connectivity index (χ0) is 13.5. The third-order valence-electron chi connectivity index (χ3n) is 5.52. The smallest absolute Gasteiger partial charge is 0.273 e. The Morgan fingerprint density at radius 1 is 1.17 bits per heavy atom. The highest BCUT2D eigenvalue weighted by Gasteiger charge is 2.79. The van der Waals surface area contributed by atoms with Crippen molar-refractivity contribution in [3.05, 3.63) is 0 Å². The van der Waals surface area contributed by atoms with E-state index in [0.717, 1.165) is 0 Å². The van der Waals surface area contributed by atoms with E-state index in [1.54, 1.807) is 0 Å². The predicted octanol–water partition coefficient (Wildman–Crippen LogP) is 1.94. The molecule has 104 valence electrons. The molecule has 0 N–H and O–H groups in total. The van der Waals surface area contributed by atoms with Crippen LogP contribution in [-0.4, -0.2) is 31.5 Å². The molecule has 3 heterocycles. The number of hydrogen-bond donors (Lipinski definition) is 0. The first-order chi connectivity index (χ1) is 8.17. The Balaban J connectivity index is 2.25. The van der Waals surface area contributed by atoms with E-state index < -0.39 is 15.4 Å². The molecule has 5 heteroatoms. The number of rotatable bonds is 2. The van der Waals surface area contributed by atoms with Crippen molar-refractivity contribution in [1.29, 1.82) is 0 Å². The SMILES string of the molecule is CC(C)C1(C(C)C)C2C3OC1(C)CC3OS2(=O)=O. The van der Waals surface area contributed by atoms with Crippen LogP contribution in [0.3, 0.4) is 0 Å². The highest BCUT2D eigenvalue weighted by atomic mass is 32.2. The molecular weight excluding hydrogens is 252 g/mol. The van der Waals surface area contributed by atoms with Crippen LogP contribution in [0, 0.1) is 17.3 Å². The van der Waals surface area contributed by atoms with Gasteiger partial charge in [0.2, 0.25) is 0 Å². The van der Waals surface area contributed by atoms with Crippen LogP contribution in [0.15, 0.2) is 0 Å². The lowest BCUT2D eigenvalue weighted by molar-refractivity contribution is -0.0777. The lowest BCUT2D eigenvalue weighted by atomic mass is 9.54. The van der Waals surface area contributed by atoms with Gasteiger partial charge in [0, 0.05) is 11.8 Å². The summed E-state index contributed by atoms with van der Waals surface area (Å²) in [5, 5.41) is -0.492. The van der Waals surface area contributed by atoms with Crippen LogP contribution in [0.5, 0.6) is 0 Å². The van der Waals surface area contributed by atoms with Crippen LogP contribution in [0.25, 0.3) is 0 Å². The van der Waals surface area contributed by atoms with Gasteiger partial charge in [0.05, 0.1) is 5.60 Å². The summed E-state index contributed by atoms with van der Waals surface area (Å²) in [6.07, 6.45) is 0.185. The Morgan fingerprint density at radius 2 is 1.72 bits per heavy atom. The summed E-state index contributed by atoms with van der Waals surface area (Å²) in [6, 6.07) is 0. The van der Waals surface area contributed by atoms with Crippen LogP contribution >= 0.6 is 0 Å². The first kappa shape index (κ1) is 12.9. The van der Waals surface area contributed by atoms with Gasteiger partial charge in [-0.1, -0.05) is 27.7 Å². The maximum Gasteiger partial charge on any atom is 0.273 e. The van der Waals surface area contributed by atoms with Crippen molar-refractivity contribution >= 4 is 10.1 Å². The molecular formula is C13H22O4S. The Kier molecular flexibility index (Phi) is 2.36. The van der Waals surface area contributed by atoms with Gasteiger partial charge in [-0.3, -0.25) is 4.18 Å². The van der Waals surface area contributed by atoms with Crippen molar-refractivity contribution in [2.45, 2.75) is 64.1 Å². The summed E-state index contributed by atoms with van der Waals surface area (Å²) >= 11 is 0. The van der Waals surface area contributed by atoms with Gasteiger partial charge >= 0.3 is 0 Å². The standard InChI is InChI=1S/C13H22O4S/c1-7(2)13(8(3)4)11-10-9(17-18(11,14)15)6-12(13,5)16-10/h7-11H,6H2,1-5H3. The summed E-state index contributed by atoms with van der Waals surface area (Å²) in [5.74, 6) is 0.491. The van der Waals surface area contributed by atoms with E-state index in [-0.39, 0.29) is 35.1 Å². The van der Waals surface area contributed by atoms with Crippen molar-refractivity contribution in [2.75, 3.05) is 0 Å². The second-order valence-corrected chi connectivity index (χ2v) is 8.49. The molecule has 3 rings (SSSR count). The molecule has 0 amide bonds. The van der Waals surface area contributed by atoms with Crippen molar-refractivity contribution in [2.24, 2.45) is 17.3 Å². The lowest BCUT2D eigenvalue weighted by Gasteiger charge is -2.50. The largest absolute Gasteiger partial charge is 0.367 e. The molecule has 0 aliphatic carbocycles. The molecule has 3 fully saturated rings. The number of fused-ring (bicyclic) bond motifs is 1. The van der Waals surface area contributed by atoms with Crippen LogP contribution < -0.4 is 0 Å². The highest BCUT2D eigenvalue weighted by Crippen LogP contribution is 2.67. The van der Waals surface area contributed by atoms with Crippen LogP contribution in [0.1, 0.15) is 41.0 Å². The minimum absolute atomic E-state index is 0.245. The summed E-state index contributed by atoms with van der Waals surface area (Å²) in [6.45, 7) is 10.5. The Hall–Kier alpha value is -0.130. The summed E-state index contributed by atoms with van der Waals surface area (Å²) in [4.78, 5) is 0. The quantitative estimate of drug-likeness (QED) is 0.722. The molecule has 0 aromatic rings. The molecule has 4 atom stereocenters. The molecule has 4 nitrogen and oxygen atoms in total. The molecule has 3 aliphatic rings. The fourth-order valence-corrected chi connectivity index (χ4v) is 7.77. The summed E-state index contributed by atoms with van der Waals surface area (Å²) < 4.78 is 36.1. The maximum atomic E-state index is 12.3. The molecule has 18 heavy (non-hydrogen) atoms. The Bertz CT molecular complexity index is 469. The van der Waals surface area contributed by atoms with Crippen LogP contribution in [0.2, 0.25) is 0 Å². The predicted molar refractivity (Wildman–Crippen MR) is 67.6 cm³/mol. The minimum Gasteiger partial charge on any atom is -0.367 e. The average molecular weight is 274 g/mol. The monoisotopic (exact) mass is 274 g/mol. The molecule has 2 bridgehead atoms. The van der Waals surface area contributed by atoms with E-state index in [2.05, 4.69) is 34.6 Å². The normalized spacial score (nSPS) is 47.4. The van der Waals surface area contributed by atoms with Gasteiger partial charge in [0.1, 0.15) is 17.5 Å². The Labute approximate surface area is 109 Å². The number of ether oxygens (including phenoxy) is 1. The van der Waals surface area contributed by atoms with Crippen LogP contribution in [0.4, 0.5) is 0 Å². The fourth-order valence-electron chi connectivity index (χ4n) is 5.30. The summed E-state index contributed by atoms with van der Waals surface area (Å²) in [5.41, 5.74) is -0.720. The second-order valence-electron chi connectivity index (χ2n) is 6.81. The van der Waals surface area contributed by atoms with E-state index in [0.29, 0.717) is 6.42 Å². The lowest BCUT2D eigenvalue weighted by Crippen LogP contribution is -2.58. The first-order valence-electron chi connectivity index (χ1n) is 6.77. The van der Waals surface area contributed by atoms with E-state index in [1.807, 2.05) is 0 Å². The van der Waals surface area contributed by atoms with Crippen molar-refractivity contribution in [3.63, 3.8) is 0 Å². The van der Waals surface area contributed by atoms with E-state index in [4.69, 9.17) is 8.92 Å². The third-order valence-corrected chi connectivity index (χ3v) is 7.31. The fraction of sp³-hybridized carbons (Fsp3) is 1.00. The van der Waals surface area contributed by atoms with Gasteiger partial charge in [-0.25, -0.2) is 0 Å². The van der Waals surface area contributed by atoms with Crippen molar-refractivity contribution in [1.82, 2.24) is 0 Å². The van der Waals surface area contributed by atoms with Crippen molar-refractivity contribution in [3.8, 4) is 0 Å². The second kappa shape index (κ2) is 3.30. The minimum atomic E-state index is -3.49. The van der Waals surface area contributed by atoms with E-state index in [9.17, 15) is 8.42 Å². The zero-order valence-corrected chi connectivity index (χ0v) is 12.5. The topological polar surface area (TPSA) is 52.6 Å². The van der Waals surface area contributed by atoms with Gasteiger partial charge in [-0.2, -0.15) is 8.42 Å². The van der Waals surface area contributed by atoms with E-state index in [1.165, 1.54) is 0 Å².